The number of thioether (sulfide) groups is 1. The van der Waals surface area contributed by atoms with Gasteiger partial charge in [0.15, 0.2) is 0 Å². The Hall–Kier alpha value is -1.35. The third-order valence-electron chi connectivity index (χ3n) is 3.95. The second-order valence-electron chi connectivity index (χ2n) is 6.01. The Morgan fingerprint density at radius 3 is 2.84 bits per heavy atom. The molecule has 0 aliphatic carbocycles. The van der Waals surface area contributed by atoms with Gasteiger partial charge in [0.05, 0.1) is 10.6 Å². The maximum absolute atomic E-state index is 12.5. The summed E-state index contributed by atoms with van der Waals surface area (Å²) in [6.45, 7) is 4.35. The van der Waals surface area contributed by atoms with Gasteiger partial charge in [-0.25, -0.2) is 13.1 Å². The lowest BCUT2D eigenvalue weighted by Gasteiger charge is -2.11. The molecule has 0 radical (unpaired) electrons. The summed E-state index contributed by atoms with van der Waals surface area (Å²) in [5.74, 6) is -0.0885. The molecular weight excluding hydrogens is 376 g/mol. The minimum atomic E-state index is -3.61. The van der Waals surface area contributed by atoms with Gasteiger partial charge in [0, 0.05) is 28.0 Å². The lowest BCUT2D eigenvalue weighted by atomic mass is 10.2. The van der Waals surface area contributed by atoms with E-state index in [9.17, 15) is 13.2 Å². The van der Waals surface area contributed by atoms with Crippen LogP contribution in [0.5, 0.6) is 0 Å². The zero-order valence-corrected chi connectivity index (χ0v) is 16.5. The quantitative estimate of drug-likeness (QED) is 0.812. The molecular formula is C17H20N2O3S3. The number of carbonyl (C=O) groups is 1. The van der Waals surface area contributed by atoms with Gasteiger partial charge in [-0.2, -0.15) is 0 Å². The van der Waals surface area contributed by atoms with Crippen molar-refractivity contribution in [3.05, 3.63) is 40.1 Å². The van der Waals surface area contributed by atoms with Crippen molar-refractivity contribution in [1.29, 1.82) is 0 Å². The molecule has 8 heteroatoms. The van der Waals surface area contributed by atoms with Crippen LogP contribution in [0.15, 0.2) is 39.4 Å². The third kappa shape index (κ3) is 4.44. The van der Waals surface area contributed by atoms with Gasteiger partial charge in [-0.3, -0.25) is 4.79 Å². The van der Waals surface area contributed by atoms with Gasteiger partial charge >= 0.3 is 0 Å². The number of hydrogen-bond donors (Lipinski definition) is 2. The number of sulfonamides is 1. The molecule has 0 saturated carbocycles. The molecule has 1 atom stereocenters. The van der Waals surface area contributed by atoms with Gasteiger partial charge in [-0.05, 0) is 48.6 Å². The highest BCUT2D eigenvalue weighted by Gasteiger charge is 2.22. The van der Waals surface area contributed by atoms with Crippen LogP contribution in [0.3, 0.4) is 0 Å². The first-order valence-electron chi connectivity index (χ1n) is 7.98. The maximum atomic E-state index is 12.5. The normalized spacial score (nSPS) is 17.7. The fourth-order valence-electron chi connectivity index (χ4n) is 2.64. The second kappa shape index (κ2) is 7.49. The van der Waals surface area contributed by atoms with E-state index in [2.05, 4.69) is 10.0 Å². The fraction of sp³-hybridized carbons (Fsp3) is 0.353. The van der Waals surface area contributed by atoms with Gasteiger partial charge in [0.25, 0.3) is 0 Å². The molecule has 1 amide bonds. The number of nitrogens with one attached hydrogen (secondary N) is 2. The van der Waals surface area contributed by atoms with Crippen LogP contribution in [-0.2, 0) is 21.2 Å². The Kier molecular flexibility index (Phi) is 5.52. The van der Waals surface area contributed by atoms with Crippen molar-refractivity contribution in [1.82, 2.24) is 4.72 Å². The van der Waals surface area contributed by atoms with Gasteiger partial charge < -0.3 is 5.32 Å². The Morgan fingerprint density at radius 1 is 1.32 bits per heavy atom. The van der Waals surface area contributed by atoms with E-state index in [-0.39, 0.29) is 16.1 Å². The van der Waals surface area contributed by atoms with E-state index in [1.807, 2.05) is 25.3 Å². The SMILES string of the molecule is Cc1ccsc1CCNS(=O)(=O)c1ccc2c(c1)NC(=O)C[C@@H](C)S2. The molecule has 0 fully saturated rings. The van der Waals surface area contributed by atoms with Crippen LogP contribution < -0.4 is 10.0 Å². The number of thiophene rings is 1. The highest BCUT2D eigenvalue weighted by Crippen LogP contribution is 2.36. The molecule has 25 heavy (non-hydrogen) atoms. The van der Waals surface area contributed by atoms with Crippen molar-refractivity contribution < 1.29 is 13.2 Å². The molecule has 5 nitrogen and oxygen atoms in total. The Balaban J connectivity index is 1.74. The molecule has 0 unspecified atom stereocenters. The number of amides is 1. The molecule has 1 aliphatic rings. The van der Waals surface area contributed by atoms with E-state index in [0.29, 0.717) is 25.1 Å². The van der Waals surface area contributed by atoms with Crippen LogP contribution in [0.2, 0.25) is 0 Å². The number of rotatable bonds is 5. The molecule has 2 heterocycles. The molecule has 1 aliphatic heterocycles. The van der Waals surface area contributed by atoms with E-state index >= 15 is 0 Å². The smallest absolute Gasteiger partial charge is 0.240 e. The molecule has 3 rings (SSSR count). The molecule has 0 saturated heterocycles. The predicted molar refractivity (Wildman–Crippen MR) is 103 cm³/mol. The summed E-state index contributed by atoms with van der Waals surface area (Å²) in [7, 11) is -3.61. The topological polar surface area (TPSA) is 75.3 Å². The standard InChI is InChI=1S/C17H20N2O3S3/c1-11-6-8-23-15(11)5-7-18-25(21,22)13-3-4-16-14(10-13)19-17(20)9-12(2)24-16/h3-4,6,8,10,12,18H,5,7,9H2,1-2H3,(H,19,20)/t12-/m1/s1. The van der Waals surface area contributed by atoms with Crippen molar-refractivity contribution in [3.8, 4) is 0 Å². The molecule has 134 valence electrons. The molecule has 2 aromatic rings. The summed E-state index contributed by atoms with van der Waals surface area (Å²) in [6, 6.07) is 6.92. The van der Waals surface area contributed by atoms with Crippen LogP contribution in [0, 0.1) is 6.92 Å². The maximum Gasteiger partial charge on any atom is 0.240 e. The van der Waals surface area contributed by atoms with E-state index in [1.165, 1.54) is 16.5 Å². The van der Waals surface area contributed by atoms with Gasteiger partial charge in [0.2, 0.25) is 15.9 Å². The van der Waals surface area contributed by atoms with Crippen LogP contribution in [0.4, 0.5) is 5.69 Å². The lowest BCUT2D eigenvalue weighted by molar-refractivity contribution is -0.116. The van der Waals surface area contributed by atoms with Crippen molar-refractivity contribution in [3.63, 3.8) is 0 Å². The number of hydrogen-bond acceptors (Lipinski definition) is 5. The number of fused-ring (bicyclic) bond motifs is 1. The van der Waals surface area contributed by atoms with E-state index in [1.54, 1.807) is 35.2 Å². The van der Waals surface area contributed by atoms with Crippen molar-refractivity contribution in [2.24, 2.45) is 0 Å². The average molecular weight is 397 g/mol. The fourth-order valence-corrected chi connectivity index (χ4v) is 5.66. The summed E-state index contributed by atoms with van der Waals surface area (Å²) in [5, 5.41) is 4.97. The predicted octanol–water partition coefficient (Wildman–Crippen LogP) is 3.40. The van der Waals surface area contributed by atoms with Gasteiger partial charge in [-0.15, -0.1) is 23.1 Å². The molecule has 1 aromatic carbocycles. The minimum absolute atomic E-state index is 0.0885. The van der Waals surface area contributed by atoms with Gasteiger partial charge in [0.1, 0.15) is 0 Å². The van der Waals surface area contributed by atoms with Crippen LogP contribution in [0.25, 0.3) is 0 Å². The molecule has 2 N–H and O–H groups in total. The summed E-state index contributed by atoms with van der Waals surface area (Å²) >= 11 is 3.21. The van der Waals surface area contributed by atoms with Crippen LogP contribution in [-0.4, -0.2) is 26.1 Å². The summed E-state index contributed by atoms with van der Waals surface area (Å²) < 4.78 is 27.7. The van der Waals surface area contributed by atoms with E-state index in [0.717, 1.165) is 4.90 Å². The van der Waals surface area contributed by atoms with Crippen LogP contribution >= 0.6 is 23.1 Å². The Labute approximate surface area is 156 Å². The summed E-state index contributed by atoms with van der Waals surface area (Å²) in [6.07, 6.45) is 1.08. The lowest BCUT2D eigenvalue weighted by Crippen LogP contribution is -2.26. The van der Waals surface area contributed by atoms with Crippen molar-refractivity contribution in [2.45, 2.75) is 41.7 Å². The largest absolute Gasteiger partial charge is 0.325 e. The average Bonchev–Trinajstić information content (AvgIpc) is 2.86. The van der Waals surface area contributed by atoms with E-state index < -0.39 is 10.0 Å². The second-order valence-corrected chi connectivity index (χ2v) is 10.3. The zero-order valence-electron chi connectivity index (χ0n) is 14.0. The van der Waals surface area contributed by atoms with Crippen molar-refractivity contribution in [2.75, 3.05) is 11.9 Å². The van der Waals surface area contributed by atoms with Crippen LogP contribution in [0.1, 0.15) is 23.8 Å². The Morgan fingerprint density at radius 2 is 2.12 bits per heavy atom. The highest BCUT2D eigenvalue weighted by atomic mass is 32.2. The van der Waals surface area contributed by atoms with Crippen molar-refractivity contribution >= 4 is 44.7 Å². The number of anilines is 1. The number of carbonyl (C=O) groups excluding carboxylic acids is 1. The van der Waals surface area contributed by atoms with Gasteiger partial charge in [-0.1, -0.05) is 6.92 Å². The number of benzene rings is 1. The third-order valence-corrected chi connectivity index (χ3v) is 7.67. The molecule has 0 bridgehead atoms. The van der Waals surface area contributed by atoms with E-state index in [4.69, 9.17) is 0 Å². The zero-order chi connectivity index (χ0) is 18.0. The minimum Gasteiger partial charge on any atom is -0.325 e. The first-order valence-corrected chi connectivity index (χ1v) is 11.2. The summed E-state index contributed by atoms with van der Waals surface area (Å²) in [4.78, 5) is 14.1. The molecule has 1 aromatic heterocycles. The molecule has 0 spiro atoms. The monoisotopic (exact) mass is 396 g/mol. The Bertz CT molecular complexity index is 890. The summed E-state index contributed by atoms with van der Waals surface area (Å²) in [5.41, 5.74) is 1.75. The highest BCUT2D eigenvalue weighted by molar-refractivity contribution is 8.00. The number of aryl methyl sites for hydroxylation is 1. The first-order chi connectivity index (χ1) is 11.8. The first kappa shape index (κ1) is 18.4.